The van der Waals surface area contributed by atoms with Crippen LogP contribution in [0.5, 0.6) is 0 Å². The fraction of sp³-hybridized carbons (Fsp3) is 0.538. The first-order chi connectivity index (χ1) is 11.0. The second-order valence-corrected chi connectivity index (χ2v) is 5.54. The van der Waals surface area contributed by atoms with Gasteiger partial charge in [-0.05, 0) is 0 Å². The van der Waals surface area contributed by atoms with E-state index in [4.69, 9.17) is 9.84 Å². The third kappa shape index (κ3) is 2.96. The molecule has 2 aromatic rings. The standard InChI is InChI=1S/C13H18N6O4/c1-18(2)5-15-13-16-11-10(12(22)17-13)19(6-14-11)9-3-7(21)8(4-20)23-9/h5-9,20-21H,3-4H2,1-2H3,(H,16,17,22)/b15-5+/t7-,8+,9+/m0/s1. The highest BCUT2D eigenvalue weighted by Gasteiger charge is 2.35. The van der Waals surface area contributed by atoms with E-state index in [9.17, 15) is 9.90 Å². The van der Waals surface area contributed by atoms with Crippen LogP contribution in [0.3, 0.4) is 0 Å². The van der Waals surface area contributed by atoms with Crippen LogP contribution >= 0.6 is 0 Å². The minimum Gasteiger partial charge on any atom is -0.394 e. The predicted octanol–water partition coefficient (Wildman–Crippen LogP) is -1.02. The number of rotatable bonds is 4. The highest BCUT2D eigenvalue weighted by molar-refractivity contribution is 5.71. The van der Waals surface area contributed by atoms with Crippen LogP contribution in [0.25, 0.3) is 11.2 Å². The Balaban J connectivity index is 1.97. The molecule has 10 heteroatoms. The van der Waals surface area contributed by atoms with Gasteiger partial charge in [-0.2, -0.15) is 4.98 Å². The predicted molar refractivity (Wildman–Crippen MR) is 81.6 cm³/mol. The SMILES string of the molecule is CN(C)/C=N/c1nc2ncn([C@H]3C[C@H](O)[C@@H](CO)O3)c2c(=O)[nH]1. The molecule has 3 atom stereocenters. The fourth-order valence-electron chi connectivity index (χ4n) is 2.44. The quantitative estimate of drug-likeness (QED) is 0.485. The van der Waals surface area contributed by atoms with Gasteiger partial charge >= 0.3 is 0 Å². The topological polar surface area (TPSA) is 129 Å². The van der Waals surface area contributed by atoms with E-state index in [1.54, 1.807) is 19.0 Å². The number of aromatic amines is 1. The van der Waals surface area contributed by atoms with E-state index in [-0.39, 0.29) is 30.1 Å². The summed E-state index contributed by atoms with van der Waals surface area (Å²) in [5.74, 6) is 0.155. The summed E-state index contributed by atoms with van der Waals surface area (Å²) in [4.78, 5) is 28.9. The smallest absolute Gasteiger partial charge is 0.278 e. The van der Waals surface area contributed by atoms with E-state index in [0.29, 0.717) is 0 Å². The van der Waals surface area contributed by atoms with Gasteiger partial charge in [0.25, 0.3) is 5.56 Å². The van der Waals surface area contributed by atoms with Crippen LogP contribution < -0.4 is 5.56 Å². The van der Waals surface area contributed by atoms with E-state index >= 15 is 0 Å². The first kappa shape index (κ1) is 15.6. The molecule has 0 amide bonds. The molecular formula is C13H18N6O4. The zero-order valence-electron chi connectivity index (χ0n) is 12.7. The molecule has 0 radical (unpaired) electrons. The lowest BCUT2D eigenvalue weighted by Crippen LogP contribution is -2.24. The highest BCUT2D eigenvalue weighted by atomic mass is 16.5. The van der Waals surface area contributed by atoms with Crippen LogP contribution in [0.4, 0.5) is 5.95 Å². The first-order valence-electron chi connectivity index (χ1n) is 7.11. The van der Waals surface area contributed by atoms with Gasteiger partial charge < -0.3 is 19.8 Å². The van der Waals surface area contributed by atoms with Gasteiger partial charge in [0.2, 0.25) is 5.95 Å². The number of fused-ring (bicyclic) bond motifs is 1. The van der Waals surface area contributed by atoms with Gasteiger partial charge in [0.05, 0.1) is 25.4 Å². The number of ether oxygens (including phenoxy) is 1. The average Bonchev–Trinajstić information content (AvgIpc) is 3.08. The van der Waals surface area contributed by atoms with Crippen molar-refractivity contribution in [2.24, 2.45) is 4.99 Å². The van der Waals surface area contributed by atoms with Crippen molar-refractivity contribution >= 4 is 23.5 Å². The number of aliphatic imine (C=N–C) groups is 1. The van der Waals surface area contributed by atoms with Gasteiger partial charge in [0.15, 0.2) is 11.2 Å². The van der Waals surface area contributed by atoms with Crippen molar-refractivity contribution in [2.45, 2.75) is 24.9 Å². The molecule has 3 heterocycles. The van der Waals surface area contributed by atoms with Crippen LogP contribution in [0.2, 0.25) is 0 Å². The zero-order chi connectivity index (χ0) is 16.6. The number of aliphatic hydroxyl groups is 2. The lowest BCUT2D eigenvalue weighted by Gasteiger charge is -2.13. The number of hydrogen-bond donors (Lipinski definition) is 3. The number of nitrogens with one attached hydrogen (secondary N) is 1. The van der Waals surface area contributed by atoms with Gasteiger partial charge in [0, 0.05) is 20.5 Å². The molecule has 3 N–H and O–H groups in total. The first-order valence-corrected chi connectivity index (χ1v) is 7.11. The summed E-state index contributed by atoms with van der Waals surface area (Å²) in [5, 5.41) is 19.0. The van der Waals surface area contributed by atoms with Gasteiger partial charge in [0.1, 0.15) is 12.3 Å². The van der Waals surface area contributed by atoms with Crippen molar-refractivity contribution in [2.75, 3.05) is 20.7 Å². The van der Waals surface area contributed by atoms with Crippen LogP contribution in [0.15, 0.2) is 16.1 Å². The number of H-pyrrole nitrogens is 1. The molecule has 0 aliphatic carbocycles. The van der Waals surface area contributed by atoms with Crippen LogP contribution in [-0.4, -0.2) is 73.9 Å². The van der Waals surface area contributed by atoms with Crippen LogP contribution in [0.1, 0.15) is 12.6 Å². The van der Waals surface area contributed by atoms with Crippen LogP contribution in [-0.2, 0) is 4.74 Å². The third-order valence-corrected chi connectivity index (χ3v) is 3.53. The monoisotopic (exact) mass is 322 g/mol. The number of aromatic nitrogens is 4. The molecule has 1 fully saturated rings. The van der Waals surface area contributed by atoms with Gasteiger partial charge in [-0.1, -0.05) is 0 Å². The molecule has 0 unspecified atom stereocenters. The van der Waals surface area contributed by atoms with Crippen LogP contribution in [0, 0.1) is 0 Å². The zero-order valence-corrected chi connectivity index (χ0v) is 12.7. The van der Waals surface area contributed by atoms with Gasteiger partial charge in [-0.25, -0.2) is 9.98 Å². The molecule has 0 bridgehead atoms. The Morgan fingerprint density at radius 1 is 1.61 bits per heavy atom. The maximum Gasteiger partial charge on any atom is 0.278 e. The minimum absolute atomic E-state index is 0.155. The van der Waals surface area contributed by atoms with E-state index in [0.717, 1.165) is 0 Å². The fourth-order valence-corrected chi connectivity index (χ4v) is 2.44. The molecule has 10 nitrogen and oxygen atoms in total. The Hall–Kier alpha value is -2.30. The normalized spacial score (nSPS) is 24.8. The molecular weight excluding hydrogens is 304 g/mol. The Labute approximate surface area is 131 Å². The molecule has 1 saturated heterocycles. The number of imidazole rings is 1. The van der Waals surface area contributed by atoms with Crippen molar-refractivity contribution in [1.29, 1.82) is 0 Å². The second-order valence-electron chi connectivity index (χ2n) is 5.54. The lowest BCUT2D eigenvalue weighted by atomic mass is 10.2. The second kappa shape index (κ2) is 6.07. The minimum atomic E-state index is -0.793. The molecule has 0 aromatic carbocycles. The number of nitrogens with zero attached hydrogens (tertiary/aromatic N) is 5. The van der Waals surface area contributed by atoms with Gasteiger partial charge in [-0.3, -0.25) is 14.3 Å². The molecule has 0 spiro atoms. The van der Waals surface area contributed by atoms with E-state index in [1.165, 1.54) is 17.2 Å². The van der Waals surface area contributed by atoms with E-state index < -0.39 is 24.0 Å². The molecule has 2 aromatic heterocycles. The van der Waals surface area contributed by atoms with E-state index in [1.807, 2.05) is 0 Å². The van der Waals surface area contributed by atoms with Gasteiger partial charge in [-0.15, -0.1) is 0 Å². The number of hydrogen-bond acceptors (Lipinski definition) is 7. The summed E-state index contributed by atoms with van der Waals surface area (Å²) in [6.45, 7) is -0.289. The molecule has 124 valence electrons. The maximum absolute atomic E-state index is 12.3. The number of aliphatic hydroxyl groups excluding tert-OH is 2. The largest absolute Gasteiger partial charge is 0.394 e. The van der Waals surface area contributed by atoms with Crippen molar-refractivity contribution in [1.82, 2.24) is 24.4 Å². The molecule has 23 heavy (non-hydrogen) atoms. The summed E-state index contributed by atoms with van der Waals surface area (Å²) >= 11 is 0. The summed E-state index contributed by atoms with van der Waals surface area (Å²) in [5.41, 5.74) is 0.0822. The van der Waals surface area contributed by atoms with Crippen molar-refractivity contribution in [3.63, 3.8) is 0 Å². The lowest BCUT2D eigenvalue weighted by molar-refractivity contribution is -0.0431. The van der Waals surface area contributed by atoms with Crippen molar-refractivity contribution < 1.29 is 14.9 Å². The summed E-state index contributed by atoms with van der Waals surface area (Å²) < 4.78 is 7.06. The Morgan fingerprint density at radius 2 is 2.39 bits per heavy atom. The summed E-state index contributed by atoms with van der Waals surface area (Å²) in [7, 11) is 3.60. The maximum atomic E-state index is 12.3. The van der Waals surface area contributed by atoms with E-state index in [2.05, 4.69) is 19.9 Å². The summed E-state index contributed by atoms with van der Waals surface area (Å²) in [6.07, 6.45) is 1.17. The third-order valence-electron chi connectivity index (χ3n) is 3.53. The highest BCUT2D eigenvalue weighted by Crippen LogP contribution is 2.30. The molecule has 0 saturated carbocycles. The Bertz CT molecular complexity index is 782. The molecule has 3 rings (SSSR count). The molecule has 1 aliphatic rings. The molecule has 1 aliphatic heterocycles. The Morgan fingerprint density at radius 3 is 3.04 bits per heavy atom. The summed E-state index contributed by atoms with van der Waals surface area (Å²) in [6, 6.07) is 0. The Kier molecular flexibility index (Phi) is 4.11. The van der Waals surface area contributed by atoms with Crippen molar-refractivity contribution in [3.05, 3.63) is 16.7 Å². The average molecular weight is 322 g/mol. The van der Waals surface area contributed by atoms with Crippen molar-refractivity contribution in [3.8, 4) is 0 Å².